The molecule has 1 heterocycles. The van der Waals surface area contributed by atoms with Crippen molar-refractivity contribution in [1.82, 2.24) is 10.2 Å². The third-order valence-electron chi connectivity index (χ3n) is 4.51. The summed E-state index contributed by atoms with van der Waals surface area (Å²) in [5.41, 5.74) is 0.330. The number of nitrogens with zero attached hydrogens (tertiary/aromatic N) is 2. The lowest BCUT2D eigenvalue weighted by molar-refractivity contribution is -0.132. The average Bonchev–Trinajstić information content (AvgIpc) is 2.88. The lowest BCUT2D eigenvalue weighted by Gasteiger charge is -2.25. The molecule has 2 aromatic rings. The molecule has 1 fully saturated rings. The van der Waals surface area contributed by atoms with E-state index < -0.39 is 23.3 Å². The molecule has 1 atom stereocenters. The van der Waals surface area contributed by atoms with Gasteiger partial charge in [0.1, 0.15) is 11.4 Å². The fourth-order valence-electron chi connectivity index (χ4n) is 3.08. The average molecular weight is 337 g/mol. The molecule has 0 saturated carbocycles. The van der Waals surface area contributed by atoms with E-state index in [0.717, 1.165) is 4.90 Å². The molecule has 1 saturated heterocycles. The minimum atomic E-state index is -1.22. The van der Waals surface area contributed by atoms with E-state index in [9.17, 15) is 19.2 Å². The molecule has 3 amide bonds. The van der Waals surface area contributed by atoms with Crippen molar-refractivity contribution in [3.8, 4) is 6.07 Å². The molecule has 126 valence electrons. The monoisotopic (exact) mass is 337 g/mol. The van der Waals surface area contributed by atoms with Gasteiger partial charge in [-0.3, -0.25) is 9.69 Å². The van der Waals surface area contributed by atoms with E-state index >= 15 is 0 Å². The largest absolute Gasteiger partial charge is 0.325 e. The van der Waals surface area contributed by atoms with Crippen LogP contribution in [0.5, 0.6) is 0 Å². The highest BCUT2D eigenvalue weighted by atomic mass is 19.1. The number of benzene rings is 2. The van der Waals surface area contributed by atoms with Gasteiger partial charge in [0.05, 0.1) is 18.2 Å². The molecule has 0 spiro atoms. The molecule has 1 unspecified atom stereocenters. The van der Waals surface area contributed by atoms with Gasteiger partial charge in [0.25, 0.3) is 5.91 Å². The van der Waals surface area contributed by atoms with Gasteiger partial charge in [0.2, 0.25) is 0 Å². The molecule has 1 aliphatic heterocycles. The van der Waals surface area contributed by atoms with Crippen LogP contribution in [0.3, 0.4) is 0 Å². The summed E-state index contributed by atoms with van der Waals surface area (Å²) >= 11 is 0. The molecule has 6 heteroatoms. The van der Waals surface area contributed by atoms with E-state index in [0.29, 0.717) is 23.1 Å². The minimum Gasteiger partial charge on any atom is -0.319 e. The smallest absolute Gasteiger partial charge is 0.319 e. The number of amides is 3. The summed E-state index contributed by atoms with van der Waals surface area (Å²) in [6, 6.07) is 13.9. The van der Waals surface area contributed by atoms with Gasteiger partial charge in [-0.15, -0.1) is 0 Å². The second-order valence-electron chi connectivity index (χ2n) is 5.86. The molecule has 2 aromatic carbocycles. The van der Waals surface area contributed by atoms with Crippen molar-refractivity contribution >= 4 is 11.9 Å². The van der Waals surface area contributed by atoms with Crippen molar-refractivity contribution < 1.29 is 14.0 Å². The molecule has 1 aliphatic rings. The molecule has 0 aromatic heterocycles. The highest BCUT2D eigenvalue weighted by molar-refractivity contribution is 6.07. The van der Waals surface area contributed by atoms with Crippen LogP contribution in [0.15, 0.2) is 48.5 Å². The quantitative estimate of drug-likeness (QED) is 0.872. The molecule has 5 nitrogen and oxygen atoms in total. The van der Waals surface area contributed by atoms with Crippen molar-refractivity contribution in [1.29, 1.82) is 5.26 Å². The van der Waals surface area contributed by atoms with Crippen molar-refractivity contribution in [2.24, 2.45) is 0 Å². The van der Waals surface area contributed by atoms with Crippen LogP contribution in [0.1, 0.15) is 30.0 Å². The van der Waals surface area contributed by atoms with Crippen LogP contribution in [-0.4, -0.2) is 16.8 Å². The Bertz CT molecular complexity index is 873. The summed E-state index contributed by atoms with van der Waals surface area (Å²) in [4.78, 5) is 26.6. The first-order valence-corrected chi connectivity index (χ1v) is 7.90. The third kappa shape index (κ3) is 2.74. The Morgan fingerprint density at radius 2 is 1.84 bits per heavy atom. The first-order chi connectivity index (χ1) is 12.0. The molecule has 0 radical (unpaired) electrons. The van der Waals surface area contributed by atoms with Gasteiger partial charge in [-0.2, -0.15) is 5.26 Å². The van der Waals surface area contributed by atoms with E-state index in [1.54, 1.807) is 31.2 Å². The Morgan fingerprint density at radius 3 is 2.48 bits per heavy atom. The number of halogens is 1. The van der Waals surface area contributed by atoms with Crippen LogP contribution in [0, 0.1) is 17.1 Å². The Balaban J connectivity index is 1.96. The van der Waals surface area contributed by atoms with Crippen LogP contribution in [0.25, 0.3) is 0 Å². The fourth-order valence-corrected chi connectivity index (χ4v) is 3.08. The van der Waals surface area contributed by atoms with E-state index in [1.165, 1.54) is 24.3 Å². The summed E-state index contributed by atoms with van der Waals surface area (Å²) in [7, 11) is 0. The van der Waals surface area contributed by atoms with E-state index in [-0.39, 0.29) is 6.54 Å². The standard InChI is InChI=1S/C19H16FN3O2/c1-2-19(15-7-9-16(20)10-8-15)17(24)23(18(25)22-19)12-14-6-4-3-5-13(14)11-21/h3-10H,2,12H2,1H3,(H,22,25). The topological polar surface area (TPSA) is 73.2 Å². The number of rotatable bonds is 4. The Labute approximate surface area is 144 Å². The van der Waals surface area contributed by atoms with Gasteiger partial charge < -0.3 is 5.32 Å². The maximum atomic E-state index is 13.2. The van der Waals surface area contributed by atoms with Crippen molar-refractivity contribution in [3.63, 3.8) is 0 Å². The predicted molar refractivity (Wildman–Crippen MR) is 88.6 cm³/mol. The van der Waals surface area contributed by atoms with Crippen molar-refractivity contribution in [2.75, 3.05) is 0 Å². The van der Waals surface area contributed by atoms with Gasteiger partial charge in [-0.25, -0.2) is 9.18 Å². The second-order valence-corrected chi connectivity index (χ2v) is 5.86. The molecule has 3 rings (SSSR count). The Hall–Kier alpha value is -3.20. The minimum absolute atomic E-state index is 0.0113. The molecule has 1 N–H and O–H groups in total. The van der Waals surface area contributed by atoms with E-state index in [2.05, 4.69) is 11.4 Å². The summed E-state index contributed by atoms with van der Waals surface area (Å²) in [6.45, 7) is 1.80. The molecule has 0 bridgehead atoms. The van der Waals surface area contributed by atoms with Crippen LogP contribution < -0.4 is 5.32 Å². The van der Waals surface area contributed by atoms with E-state index in [1.807, 2.05) is 0 Å². The zero-order valence-electron chi connectivity index (χ0n) is 13.6. The first kappa shape index (κ1) is 16.7. The van der Waals surface area contributed by atoms with Crippen LogP contribution in [-0.2, 0) is 16.9 Å². The van der Waals surface area contributed by atoms with Gasteiger partial charge in [0, 0.05) is 0 Å². The second kappa shape index (κ2) is 6.36. The summed E-state index contributed by atoms with van der Waals surface area (Å²) < 4.78 is 13.2. The normalized spacial score (nSPS) is 19.6. The number of urea groups is 1. The lowest BCUT2D eigenvalue weighted by atomic mass is 9.87. The van der Waals surface area contributed by atoms with Crippen LogP contribution in [0.2, 0.25) is 0 Å². The zero-order chi connectivity index (χ0) is 18.0. The van der Waals surface area contributed by atoms with Gasteiger partial charge >= 0.3 is 6.03 Å². The summed E-state index contributed by atoms with van der Waals surface area (Å²) in [6.07, 6.45) is 0.333. The number of hydrogen-bond acceptors (Lipinski definition) is 3. The molecular weight excluding hydrogens is 321 g/mol. The third-order valence-corrected chi connectivity index (χ3v) is 4.51. The van der Waals surface area contributed by atoms with Crippen LogP contribution in [0.4, 0.5) is 9.18 Å². The van der Waals surface area contributed by atoms with Crippen LogP contribution >= 0.6 is 0 Å². The molecule has 25 heavy (non-hydrogen) atoms. The SMILES string of the molecule is CCC1(c2ccc(F)cc2)NC(=O)N(Cc2ccccc2C#N)C1=O. The van der Waals surface area contributed by atoms with Gasteiger partial charge in [-0.05, 0) is 35.7 Å². The predicted octanol–water partition coefficient (Wildman–Crippen LogP) is 3.05. The fraction of sp³-hybridized carbons (Fsp3) is 0.211. The van der Waals surface area contributed by atoms with Crippen molar-refractivity contribution in [3.05, 3.63) is 71.0 Å². The van der Waals surface area contributed by atoms with E-state index in [4.69, 9.17) is 0 Å². The first-order valence-electron chi connectivity index (χ1n) is 7.90. The number of carbonyl (C=O) groups is 2. The molecular formula is C19H16FN3O2. The maximum absolute atomic E-state index is 13.2. The number of nitrogens with one attached hydrogen (secondary N) is 1. The number of nitriles is 1. The molecule has 0 aliphatic carbocycles. The van der Waals surface area contributed by atoms with Gasteiger partial charge in [0.15, 0.2) is 0 Å². The number of carbonyl (C=O) groups excluding carboxylic acids is 2. The lowest BCUT2D eigenvalue weighted by Crippen LogP contribution is -2.43. The summed E-state index contributed by atoms with van der Waals surface area (Å²) in [5.74, 6) is -0.814. The Kier molecular flexibility index (Phi) is 4.24. The van der Waals surface area contributed by atoms with Gasteiger partial charge in [-0.1, -0.05) is 37.3 Å². The Morgan fingerprint density at radius 1 is 1.16 bits per heavy atom. The number of imide groups is 1. The van der Waals surface area contributed by atoms with Crippen molar-refractivity contribution in [2.45, 2.75) is 25.4 Å². The highest BCUT2D eigenvalue weighted by Crippen LogP contribution is 2.33. The summed E-state index contributed by atoms with van der Waals surface area (Å²) in [5, 5.41) is 11.9. The maximum Gasteiger partial charge on any atom is 0.325 e. The highest BCUT2D eigenvalue weighted by Gasteiger charge is 2.51. The zero-order valence-corrected chi connectivity index (χ0v) is 13.6. The number of hydrogen-bond donors (Lipinski definition) is 1.